The summed E-state index contributed by atoms with van der Waals surface area (Å²) in [6.07, 6.45) is -4.54. The summed E-state index contributed by atoms with van der Waals surface area (Å²) in [4.78, 5) is 11.1. The second-order valence-corrected chi connectivity index (χ2v) is 3.98. The molecule has 0 bridgehead atoms. The molecule has 1 aromatic rings. The molecule has 0 aliphatic carbocycles. The Balaban J connectivity index is 2.69. The van der Waals surface area contributed by atoms with Crippen molar-refractivity contribution in [3.8, 4) is 0 Å². The Morgan fingerprint density at radius 2 is 2.00 bits per heavy atom. The van der Waals surface area contributed by atoms with Crippen LogP contribution >= 0.6 is 15.9 Å². The quantitative estimate of drug-likeness (QED) is 0.683. The van der Waals surface area contributed by atoms with Crippen LogP contribution in [0.1, 0.15) is 21.5 Å². The number of benzene rings is 1. The molecule has 0 N–H and O–H groups in total. The molecule has 15 heavy (non-hydrogen) atoms. The molecule has 0 atom stereocenters. The smallest absolute Gasteiger partial charge is 0.417 e. The lowest BCUT2D eigenvalue weighted by Crippen LogP contribution is -2.12. The van der Waals surface area contributed by atoms with Gasteiger partial charge in [0.05, 0.1) is 11.1 Å². The monoisotopic (exact) mass is 280 g/mol. The highest BCUT2D eigenvalue weighted by Gasteiger charge is 2.39. The number of carbonyl (C=O) groups is 1. The highest BCUT2D eigenvalue weighted by molar-refractivity contribution is 9.10. The highest BCUT2D eigenvalue weighted by Crippen LogP contribution is 2.38. The molecule has 0 radical (unpaired) electrons. The molecule has 1 aliphatic rings. The molecule has 2 rings (SSSR count). The zero-order chi connectivity index (χ0) is 11.2. The number of hydrogen-bond donors (Lipinski definition) is 0. The largest absolute Gasteiger partial charge is 0.457 e. The first-order valence-electron chi connectivity index (χ1n) is 3.96. The van der Waals surface area contributed by atoms with Gasteiger partial charge in [-0.25, -0.2) is 4.79 Å². The van der Waals surface area contributed by atoms with Crippen molar-refractivity contribution >= 4 is 21.9 Å². The van der Waals surface area contributed by atoms with E-state index in [2.05, 4.69) is 20.7 Å². The maximum absolute atomic E-state index is 12.6. The van der Waals surface area contributed by atoms with Crippen molar-refractivity contribution < 1.29 is 22.7 Å². The van der Waals surface area contributed by atoms with Gasteiger partial charge in [-0.15, -0.1) is 0 Å². The van der Waals surface area contributed by atoms with E-state index < -0.39 is 17.7 Å². The van der Waals surface area contributed by atoms with E-state index in [0.717, 1.165) is 6.07 Å². The van der Waals surface area contributed by atoms with Crippen LogP contribution in [0.25, 0.3) is 0 Å². The molecule has 0 spiro atoms. The predicted molar refractivity (Wildman–Crippen MR) is 48.3 cm³/mol. The van der Waals surface area contributed by atoms with Gasteiger partial charge in [0.1, 0.15) is 6.61 Å². The molecule has 2 nitrogen and oxygen atoms in total. The van der Waals surface area contributed by atoms with Crippen LogP contribution in [0.5, 0.6) is 0 Å². The molecule has 0 saturated heterocycles. The van der Waals surface area contributed by atoms with Crippen molar-refractivity contribution in [2.45, 2.75) is 12.8 Å². The third kappa shape index (κ3) is 1.73. The lowest BCUT2D eigenvalue weighted by molar-refractivity contribution is -0.138. The van der Waals surface area contributed by atoms with Crippen molar-refractivity contribution in [2.24, 2.45) is 0 Å². The van der Waals surface area contributed by atoms with Crippen LogP contribution in [0, 0.1) is 0 Å². The minimum atomic E-state index is -4.54. The topological polar surface area (TPSA) is 26.3 Å². The zero-order valence-electron chi connectivity index (χ0n) is 7.19. The molecule has 0 aromatic heterocycles. The maximum Gasteiger partial charge on any atom is 0.417 e. The minimum Gasteiger partial charge on any atom is -0.457 e. The van der Waals surface area contributed by atoms with E-state index in [0.29, 0.717) is 0 Å². The SMILES string of the molecule is O=C1OCc2cc(Br)cc(C(F)(F)F)c21. The van der Waals surface area contributed by atoms with Crippen molar-refractivity contribution in [3.05, 3.63) is 33.3 Å². The predicted octanol–water partition coefficient (Wildman–Crippen LogP) is 3.14. The van der Waals surface area contributed by atoms with Gasteiger partial charge in [-0.1, -0.05) is 15.9 Å². The molecule has 1 aliphatic heterocycles. The van der Waals surface area contributed by atoms with E-state index in [9.17, 15) is 18.0 Å². The van der Waals surface area contributed by atoms with Gasteiger partial charge in [-0.2, -0.15) is 13.2 Å². The van der Waals surface area contributed by atoms with E-state index in [1.165, 1.54) is 6.07 Å². The Hall–Kier alpha value is -1.04. The van der Waals surface area contributed by atoms with Crippen LogP contribution in [0.15, 0.2) is 16.6 Å². The number of hydrogen-bond acceptors (Lipinski definition) is 2. The van der Waals surface area contributed by atoms with Crippen LogP contribution in [-0.2, 0) is 17.5 Å². The number of cyclic esters (lactones) is 1. The number of alkyl halides is 3. The Kier molecular flexibility index (Phi) is 2.26. The van der Waals surface area contributed by atoms with Gasteiger partial charge >= 0.3 is 12.1 Å². The number of carbonyl (C=O) groups excluding carboxylic acids is 1. The summed E-state index contributed by atoms with van der Waals surface area (Å²) in [5, 5.41) is 0. The number of fused-ring (bicyclic) bond motifs is 1. The van der Waals surface area contributed by atoms with Gasteiger partial charge in [0.2, 0.25) is 0 Å². The Morgan fingerprint density at radius 1 is 1.33 bits per heavy atom. The van der Waals surface area contributed by atoms with Gasteiger partial charge in [0.15, 0.2) is 0 Å². The number of esters is 1. The first kappa shape index (κ1) is 10.5. The summed E-state index contributed by atoms with van der Waals surface area (Å²) in [6, 6.07) is 2.33. The lowest BCUT2D eigenvalue weighted by Gasteiger charge is -2.10. The van der Waals surface area contributed by atoms with Crippen LogP contribution in [0.4, 0.5) is 13.2 Å². The highest BCUT2D eigenvalue weighted by atomic mass is 79.9. The minimum absolute atomic E-state index is 0.101. The summed E-state index contributed by atoms with van der Waals surface area (Å²) in [7, 11) is 0. The van der Waals surface area contributed by atoms with Crippen LogP contribution < -0.4 is 0 Å². The number of rotatable bonds is 0. The molecule has 0 amide bonds. The van der Waals surface area contributed by atoms with Gasteiger partial charge in [-0.3, -0.25) is 0 Å². The fraction of sp³-hybridized carbons (Fsp3) is 0.222. The Labute approximate surface area is 91.2 Å². The molecular formula is C9H4BrF3O2. The van der Waals surface area contributed by atoms with Gasteiger partial charge in [-0.05, 0) is 12.1 Å². The summed E-state index contributed by atoms with van der Waals surface area (Å²) in [6.45, 7) is -0.101. The fourth-order valence-electron chi connectivity index (χ4n) is 1.46. The van der Waals surface area contributed by atoms with Crippen LogP contribution in [-0.4, -0.2) is 5.97 Å². The fourth-order valence-corrected chi connectivity index (χ4v) is 1.96. The molecule has 6 heteroatoms. The number of ether oxygens (including phenoxy) is 1. The summed E-state index contributed by atoms with van der Waals surface area (Å²) in [5.41, 5.74) is -1.05. The average Bonchev–Trinajstić information content (AvgIpc) is 2.44. The first-order valence-corrected chi connectivity index (χ1v) is 4.75. The van der Waals surface area contributed by atoms with Gasteiger partial charge in [0, 0.05) is 10.0 Å². The normalized spacial score (nSPS) is 15.1. The number of halogens is 4. The van der Waals surface area contributed by atoms with Crippen LogP contribution in [0.2, 0.25) is 0 Å². The summed E-state index contributed by atoms with van der Waals surface area (Å²) < 4.78 is 42.5. The third-order valence-electron chi connectivity index (χ3n) is 2.05. The summed E-state index contributed by atoms with van der Waals surface area (Å²) in [5.74, 6) is -0.912. The second kappa shape index (κ2) is 3.23. The first-order chi connectivity index (χ1) is 6.89. The molecule has 0 saturated carbocycles. The van der Waals surface area contributed by atoms with Crippen molar-refractivity contribution in [2.75, 3.05) is 0 Å². The molecule has 1 aromatic carbocycles. The Morgan fingerprint density at radius 3 is 2.60 bits per heavy atom. The standard InChI is InChI=1S/C9H4BrF3O2/c10-5-1-4-3-15-8(14)7(4)6(2-5)9(11,12)13/h1-2H,3H2. The second-order valence-electron chi connectivity index (χ2n) is 3.06. The van der Waals surface area contributed by atoms with Crippen molar-refractivity contribution in [3.63, 3.8) is 0 Å². The van der Waals surface area contributed by atoms with E-state index in [-0.39, 0.29) is 22.2 Å². The Bertz CT molecular complexity index is 440. The van der Waals surface area contributed by atoms with E-state index >= 15 is 0 Å². The third-order valence-corrected chi connectivity index (χ3v) is 2.51. The average molecular weight is 281 g/mol. The zero-order valence-corrected chi connectivity index (χ0v) is 8.78. The van der Waals surface area contributed by atoms with Crippen LogP contribution in [0.3, 0.4) is 0 Å². The summed E-state index contributed by atoms with van der Waals surface area (Å²) >= 11 is 2.96. The maximum atomic E-state index is 12.6. The molecular weight excluding hydrogens is 277 g/mol. The van der Waals surface area contributed by atoms with Crippen molar-refractivity contribution in [1.82, 2.24) is 0 Å². The van der Waals surface area contributed by atoms with E-state index in [4.69, 9.17) is 0 Å². The molecule has 0 unspecified atom stereocenters. The van der Waals surface area contributed by atoms with E-state index in [1.807, 2.05) is 0 Å². The van der Waals surface area contributed by atoms with E-state index in [1.54, 1.807) is 0 Å². The molecule has 80 valence electrons. The van der Waals surface area contributed by atoms with Crippen molar-refractivity contribution in [1.29, 1.82) is 0 Å². The molecule has 0 fully saturated rings. The lowest BCUT2D eigenvalue weighted by atomic mass is 10.0. The molecule has 1 heterocycles. The van der Waals surface area contributed by atoms with Gasteiger partial charge < -0.3 is 4.74 Å². The van der Waals surface area contributed by atoms with Gasteiger partial charge in [0.25, 0.3) is 0 Å².